The van der Waals surface area contributed by atoms with Crippen LogP contribution in [0, 0.1) is 13.8 Å². The minimum absolute atomic E-state index is 0.121. The lowest BCUT2D eigenvalue weighted by molar-refractivity contribution is -0.130. The van der Waals surface area contributed by atoms with Crippen LogP contribution < -0.4 is 5.32 Å². The van der Waals surface area contributed by atoms with Crippen molar-refractivity contribution in [3.8, 4) is 0 Å². The molecule has 0 bridgehead atoms. The fraction of sp³-hybridized carbons (Fsp3) is 0.364. The second-order valence-corrected chi connectivity index (χ2v) is 7.62. The van der Waals surface area contributed by atoms with Crippen LogP contribution in [0.3, 0.4) is 0 Å². The summed E-state index contributed by atoms with van der Waals surface area (Å²) in [6.45, 7) is 6.12. The summed E-state index contributed by atoms with van der Waals surface area (Å²) >= 11 is 0. The molecule has 2 amide bonds. The first-order valence-corrected chi connectivity index (χ1v) is 10.2. The van der Waals surface area contributed by atoms with Gasteiger partial charge in [0.2, 0.25) is 5.91 Å². The van der Waals surface area contributed by atoms with Crippen molar-refractivity contribution in [1.82, 2.24) is 30.0 Å². The third-order valence-corrected chi connectivity index (χ3v) is 5.57. The Kier molecular flexibility index (Phi) is 5.65. The van der Waals surface area contributed by atoms with Crippen LogP contribution in [-0.4, -0.2) is 49.6 Å². The van der Waals surface area contributed by atoms with Gasteiger partial charge in [0.05, 0.1) is 12.1 Å². The fourth-order valence-corrected chi connectivity index (χ4v) is 3.76. The van der Waals surface area contributed by atoms with Crippen LogP contribution in [0.4, 0.5) is 0 Å². The zero-order valence-corrected chi connectivity index (χ0v) is 17.3. The zero-order valence-electron chi connectivity index (χ0n) is 17.3. The van der Waals surface area contributed by atoms with E-state index in [4.69, 9.17) is 0 Å². The van der Waals surface area contributed by atoms with E-state index >= 15 is 0 Å². The number of amides is 2. The number of carbonyl (C=O) groups excluding carboxylic acids is 2. The van der Waals surface area contributed by atoms with Crippen LogP contribution in [-0.2, 0) is 30.7 Å². The largest absolute Gasteiger partial charge is 0.346 e. The molecule has 4 rings (SSSR count). The van der Waals surface area contributed by atoms with E-state index < -0.39 is 0 Å². The third kappa shape index (κ3) is 4.27. The van der Waals surface area contributed by atoms with Crippen LogP contribution >= 0.6 is 0 Å². The number of aromatic amines is 1. The van der Waals surface area contributed by atoms with Crippen molar-refractivity contribution in [1.29, 1.82) is 0 Å². The van der Waals surface area contributed by atoms with Gasteiger partial charge in [0, 0.05) is 50.1 Å². The van der Waals surface area contributed by atoms with Crippen LogP contribution in [0.25, 0.3) is 0 Å². The number of hydrogen-bond acceptors (Lipinski definition) is 4. The summed E-state index contributed by atoms with van der Waals surface area (Å²) in [7, 11) is 0. The fourth-order valence-electron chi connectivity index (χ4n) is 3.76. The molecule has 0 radical (unpaired) electrons. The van der Waals surface area contributed by atoms with Crippen LogP contribution in [0.2, 0.25) is 0 Å². The van der Waals surface area contributed by atoms with Crippen molar-refractivity contribution in [3.63, 3.8) is 0 Å². The van der Waals surface area contributed by atoms with Gasteiger partial charge in [0.1, 0.15) is 11.5 Å². The van der Waals surface area contributed by atoms with Gasteiger partial charge in [-0.05, 0) is 19.4 Å². The average molecular weight is 406 g/mol. The molecule has 0 saturated carbocycles. The number of H-pyrrole nitrogens is 1. The van der Waals surface area contributed by atoms with Gasteiger partial charge >= 0.3 is 0 Å². The first-order valence-electron chi connectivity index (χ1n) is 10.2. The highest BCUT2D eigenvalue weighted by Crippen LogP contribution is 2.13. The predicted molar refractivity (Wildman–Crippen MR) is 112 cm³/mol. The van der Waals surface area contributed by atoms with E-state index in [1.165, 1.54) is 0 Å². The summed E-state index contributed by atoms with van der Waals surface area (Å²) in [6.07, 6.45) is 2.82. The summed E-state index contributed by atoms with van der Waals surface area (Å²) in [5.41, 5.74) is 4.26. The van der Waals surface area contributed by atoms with E-state index in [-0.39, 0.29) is 11.8 Å². The van der Waals surface area contributed by atoms with Gasteiger partial charge < -0.3 is 14.8 Å². The molecule has 1 aliphatic heterocycles. The molecule has 0 fully saturated rings. The summed E-state index contributed by atoms with van der Waals surface area (Å²) in [6, 6.07) is 9.78. The van der Waals surface area contributed by atoms with Gasteiger partial charge in [-0.15, -0.1) is 0 Å². The van der Waals surface area contributed by atoms with E-state index in [9.17, 15) is 9.59 Å². The smallest absolute Gasteiger partial charge is 0.271 e. The molecule has 1 aliphatic rings. The maximum atomic E-state index is 12.6. The number of carbonyl (C=O) groups is 2. The topological polar surface area (TPSA) is 95.9 Å². The van der Waals surface area contributed by atoms with E-state index in [1.807, 2.05) is 53.6 Å². The molecule has 2 N–H and O–H groups in total. The average Bonchev–Trinajstić information content (AvgIpc) is 3.23. The van der Waals surface area contributed by atoms with Crippen LogP contribution in [0.5, 0.6) is 0 Å². The van der Waals surface area contributed by atoms with Crippen LogP contribution in [0.1, 0.15) is 38.8 Å². The molecular formula is C22H26N6O2. The highest BCUT2D eigenvalue weighted by Gasteiger charge is 2.22. The summed E-state index contributed by atoms with van der Waals surface area (Å²) in [5, 5.41) is 9.99. The molecule has 0 atom stereocenters. The minimum Gasteiger partial charge on any atom is -0.346 e. The van der Waals surface area contributed by atoms with Gasteiger partial charge in [0.25, 0.3) is 5.91 Å². The first kappa shape index (κ1) is 19.9. The standard InChI is InChI=1S/C22H26N6O2/c1-15-18(16(2)26-25-15)13-23-22(30)19-14-28-11-10-27(9-8-20(28)24-19)21(29)12-17-6-4-3-5-7-17/h3-7,14H,8-13H2,1-2H3,(H,23,30)(H,25,26). The molecule has 8 heteroatoms. The number of nitrogens with zero attached hydrogens (tertiary/aromatic N) is 4. The van der Waals surface area contributed by atoms with Crippen molar-refractivity contribution in [2.75, 3.05) is 13.1 Å². The van der Waals surface area contributed by atoms with Crippen molar-refractivity contribution >= 4 is 11.8 Å². The second-order valence-electron chi connectivity index (χ2n) is 7.62. The molecule has 156 valence electrons. The Morgan fingerprint density at radius 2 is 1.93 bits per heavy atom. The molecule has 0 unspecified atom stereocenters. The minimum atomic E-state index is -0.201. The summed E-state index contributed by atoms with van der Waals surface area (Å²) < 4.78 is 1.99. The van der Waals surface area contributed by atoms with Crippen molar-refractivity contribution < 1.29 is 9.59 Å². The predicted octanol–water partition coefficient (Wildman–Crippen LogP) is 1.78. The Balaban J connectivity index is 1.35. The van der Waals surface area contributed by atoms with Gasteiger partial charge in [-0.1, -0.05) is 30.3 Å². The Morgan fingerprint density at radius 1 is 1.13 bits per heavy atom. The highest BCUT2D eigenvalue weighted by atomic mass is 16.2. The number of nitrogens with one attached hydrogen (secondary N) is 2. The number of imidazole rings is 1. The van der Waals surface area contributed by atoms with Crippen molar-refractivity contribution in [3.05, 3.63) is 70.6 Å². The van der Waals surface area contributed by atoms with Gasteiger partial charge in [-0.2, -0.15) is 5.10 Å². The summed E-state index contributed by atoms with van der Waals surface area (Å²) in [4.78, 5) is 31.6. The molecule has 0 aliphatic carbocycles. The molecule has 2 aromatic heterocycles. The molecule has 8 nitrogen and oxygen atoms in total. The number of aryl methyl sites for hydroxylation is 2. The number of hydrogen-bond donors (Lipinski definition) is 2. The van der Waals surface area contributed by atoms with Gasteiger partial charge in [0.15, 0.2) is 0 Å². The van der Waals surface area contributed by atoms with Crippen molar-refractivity contribution in [2.24, 2.45) is 0 Å². The zero-order chi connectivity index (χ0) is 21.1. The maximum Gasteiger partial charge on any atom is 0.271 e. The van der Waals surface area contributed by atoms with E-state index in [0.29, 0.717) is 44.7 Å². The lowest BCUT2D eigenvalue weighted by Gasteiger charge is -2.20. The SMILES string of the molecule is Cc1n[nH]c(C)c1CNC(=O)c1cn2c(n1)CCN(C(=O)Cc1ccccc1)CC2. The van der Waals surface area contributed by atoms with Crippen LogP contribution in [0.15, 0.2) is 36.5 Å². The molecule has 30 heavy (non-hydrogen) atoms. The summed E-state index contributed by atoms with van der Waals surface area (Å²) in [5.74, 6) is 0.759. The number of aromatic nitrogens is 4. The molecule has 3 heterocycles. The maximum absolute atomic E-state index is 12.6. The molecule has 0 spiro atoms. The van der Waals surface area contributed by atoms with E-state index in [2.05, 4.69) is 20.5 Å². The number of rotatable bonds is 5. The van der Waals surface area contributed by atoms with E-state index in [1.54, 1.807) is 6.20 Å². The lowest BCUT2D eigenvalue weighted by atomic mass is 10.1. The number of benzene rings is 1. The molecular weight excluding hydrogens is 380 g/mol. The van der Waals surface area contributed by atoms with Gasteiger partial charge in [-0.3, -0.25) is 14.7 Å². The van der Waals surface area contributed by atoms with E-state index in [0.717, 1.165) is 28.3 Å². The molecule has 1 aromatic carbocycles. The third-order valence-electron chi connectivity index (χ3n) is 5.57. The van der Waals surface area contributed by atoms with Crippen molar-refractivity contribution in [2.45, 2.75) is 39.8 Å². The lowest BCUT2D eigenvalue weighted by Crippen LogP contribution is -2.34. The number of fused-ring (bicyclic) bond motifs is 1. The normalized spacial score (nSPS) is 13.6. The monoisotopic (exact) mass is 406 g/mol. The van der Waals surface area contributed by atoms with Gasteiger partial charge in [-0.25, -0.2) is 4.98 Å². The Hall–Kier alpha value is -3.42. The Bertz CT molecular complexity index is 1010. The molecule has 3 aromatic rings. The quantitative estimate of drug-likeness (QED) is 0.675. The first-order chi connectivity index (χ1) is 14.5. The Labute approximate surface area is 175 Å². The second kappa shape index (κ2) is 8.52. The Morgan fingerprint density at radius 3 is 2.67 bits per heavy atom. The highest BCUT2D eigenvalue weighted by molar-refractivity contribution is 5.92. The molecule has 0 saturated heterocycles.